The van der Waals surface area contributed by atoms with Gasteiger partial charge in [0.15, 0.2) is 5.78 Å². The predicted octanol–water partition coefficient (Wildman–Crippen LogP) is 1.58. The third-order valence-electron chi connectivity index (χ3n) is 5.38. The van der Waals surface area contributed by atoms with Crippen LogP contribution >= 0.6 is 0 Å². The van der Waals surface area contributed by atoms with Gasteiger partial charge in [-0.25, -0.2) is 4.79 Å². The summed E-state index contributed by atoms with van der Waals surface area (Å²) in [6, 6.07) is 2.81. The number of rotatable bonds is 4. The number of carbonyl (C=O) groups excluding carboxylic acids is 3. The zero-order valence-corrected chi connectivity index (χ0v) is 18.5. The van der Waals surface area contributed by atoms with Crippen LogP contribution in [0.25, 0.3) is 6.08 Å². The molecule has 0 saturated carbocycles. The fourth-order valence-electron chi connectivity index (χ4n) is 3.23. The van der Waals surface area contributed by atoms with Crippen LogP contribution in [0.1, 0.15) is 56.0 Å². The zero-order valence-electron chi connectivity index (χ0n) is 18.5. The lowest BCUT2D eigenvalue weighted by molar-refractivity contribution is -0.133. The second kappa shape index (κ2) is 11.6. The molecule has 0 aliphatic carbocycles. The fraction of sp³-hybridized carbons (Fsp3) is 0.522. The number of nitrogens with one attached hydrogen (secondary N) is 1. The Morgan fingerprint density at radius 1 is 1.25 bits per heavy atom. The molecule has 4 atom stereocenters. The lowest BCUT2D eigenvalue weighted by atomic mass is 9.94. The summed E-state index contributed by atoms with van der Waals surface area (Å²) in [6.07, 6.45) is -0.00621. The Morgan fingerprint density at radius 3 is 2.66 bits per heavy atom. The van der Waals surface area contributed by atoms with Gasteiger partial charge in [-0.3, -0.25) is 9.59 Å². The molecule has 2 rings (SSSR count). The molecule has 0 spiro atoms. The molecule has 0 bridgehead atoms. The maximum Gasteiger partial charge on any atom is 0.342 e. The summed E-state index contributed by atoms with van der Waals surface area (Å²) < 4.78 is 11.1. The van der Waals surface area contributed by atoms with E-state index in [2.05, 4.69) is 5.32 Å². The molecule has 1 unspecified atom stereocenters. The number of fused-ring (bicyclic) bond motifs is 1. The Morgan fingerprint density at radius 2 is 1.97 bits per heavy atom. The summed E-state index contributed by atoms with van der Waals surface area (Å²) in [5, 5.41) is 33.3. The summed E-state index contributed by atoms with van der Waals surface area (Å²) >= 11 is 0. The van der Waals surface area contributed by atoms with Crippen LogP contribution in [0.2, 0.25) is 0 Å². The number of hydrogen-bond acceptors (Lipinski definition) is 8. The predicted molar refractivity (Wildman–Crippen MR) is 116 cm³/mol. The highest BCUT2D eigenvalue weighted by Gasteiger charge is 2.27. The number of aromatic hydroxyl groups is 1. The summed E-state index contributed by atoms with van der Waals surface area (Å²) in [4.78, 5) is 35.9. The van der Waals surface area contributed by atoms with Gasteiger partial charge in [-0.15, -0.1) is 0 Å². The number of aliphatic hydroxyl groups is 2. The highest BCUT2D eigenvalue weighted by Crippen LogP contribution is 2.31. The number of esters is 1. The Balaban J connectivity index is 2.35. The summed E-state index contributed by atoms with van der Waals surface area (Å²) in [5.41, 5.74) is 0.229. The Bertz CT molecular complexity index is 866. The Hall–Kier alpha value is -2.91. The third kappa shape index (κ3) is 7.06. The number of aliphatic hydroxyl groups excluding tert-OH is 2. The molecule has 1 aromatic rings. The number of Topliss-reactive ketones (excluding diaryl/α,β-unsaturated/α-hetero) is 1. The molecule has 0 fully saturated rings. The van der Waals surface area contributed by atoms with Gasteiger partial charge in [-0.05, 0) is 37.3 Å². The van der Waals surface area contributed by atoms with Gasteiger partial charge in [0.2, 0.25) is 5.91 Å². The van der Waals surface area contributed by atoms with E-state index in [0.717, 1.165) is 0 Å². The fourth-order valence-corrected chi connectivity index (χ4v) is 3.23. The molecule has 0 radical (unpaired) electrons. The first-order valence-electron chi connectivity index (χ1n) is 10.6. The molecule has 0 aromatic heterocycles. The van der Waals surface area contributed by atoms with Gasteiger partial charge < -0.3 is 30.1 Å². The first-order chi connectivity index (χ1) is 15.1. The van der Waals surface area contributed by atoms with Gasteiger partial charge in [-0.2, -0.15) is 0 Å². The topological polar surface area (TPSA) is 142 Å². The number of ketones is 1. The first-order valence-corrected chi connectivity index (χ1v) is 10.6. The van der Waals surface area contributed by atoms with Gasteiger partial charge in [0.25, 0.3) is 0 Å². The maximum absolute atomic E-state index is 12.8. The van der Waals surface area contributed by atoms with Crippen molar-refractivity contribution in [3.63, 3.8) is 0 Å². The van der Waals surface area contributed by atoms with E-state index < -0.39 is 30.1 Å². The first kappa shape index (κ1) is 25.4. The highest BCUT2D eigenvalue weighted by molar-refractivity contribution is 5.97. The third-order valence-corrected chi connectivity index (χ3v) is 5.38. The number of ether oxygens (including phenoxy) is 2. The van der Waals surface area contributed by atoms with Crippen LogP contribution in [0.4, 0.5) is 0 Å². The number of benzene rings is 1. The molecule has 1 aliphatic heterocycles. The number of hydrogen-bond donors (Lipinski definition) is 4. The van der Waals surface area contributed by atoms with Gasteiger partial charge in [-0.1, -0.05) is 19.1 Å². The van der Waals surface area contributed by atoms with Crippen molar-refractivity contribution in [2.75, 3.05) is 13.2 Å². The van der Waals surface area contributed by atoms with Crippen LogP contribution in [0.3, 0.4) is 0 Å². The van der Waals surface area contributed by atoms with E-state index in [9.17, 15) is 29.7 Å². The van der Waals surface area contributed by atoms with Crippen LogP contribution in [0, 0.1) is 5.92 Å². The van der Waals surface area contributed by atoms with E-state index in [4.69, 9.17) is 9.47 Å². The molecule has 9 heteroatoms. The SMILES string of the molecule is CC(=O)NCCOc1cc(O)c2c(c1)/C=C/C[C@H](O)[C@H](O)C(=O)CCC(C)[C@H](C)OC2=O. The minimum atomic E-state index is -1.51. The molecule has 32 heavy (non-hydrogen) atoms. The van der Waals surface area contributed by atoms with Crippen molar-refractivity contribution >= 4 is 23.7 Å². The molecule has 1 aromatic carbocycles. The average molecular weight is 450 g/mol. The van der Waals surface area contributed by atoms with Gasteiger partial charge in [0.05, 0.1) is 12.6 Å². The van der Waals surface area contributed by atoms with Gasteiger partial charge in [0, 0.05) is 19.4 Å². The van der Waals surface area contributed by atoms with E-state index in [-0.39, 0.29) is 60.4 Å². The number of amides is 1. The highest BCUT2D eigenvalue weighted by atomic mass is 16.5. The average Bonchev–Trinajstić information content (AvgIpc) is 2.72. The molecule has 1 heterocycles. The van der Waals surface area contributed by atoms with E-state index in [1.165, 1.54) is 31.2 Å². The largest absolute Gasteiger partial charge is 0.507 e. The van der Waals surface area contributed by atoms with Crippen LogP contribution in [0.5, 0.6) is 11.5 Å². The van der Waals surface area contributed by atoms with E-state index in [0.29, 0.717) is 6.42 Å². The van der Waals surface area contributed by atoms with Crippen molar-refractivity contribution in [2.45, 2.75) is 58.3 Å². The summed E-state index contributed by atoms with van der Waals surface area (Å²) in [7, 11) is 0. The monoisotopic (exact) mass is 449 g/mol. The van der Waals surface area contributed by atoms with Crippen molar-refractivity contribution in [2.24, 2.45) is 5.92 Å². The summed E-state index contributed by atoms with van der Waals surface area (Å²) in [6.45, 7) is 5.30. The number of carbonyl (C=O) groups is 3. The van der Waals surface area contributed by atoms with E-state index in [1.54, 1.807) is 6.92 Å². The second-order valence-corrected chi connectivity index (χ2v) is 7.98. The zero-order chi connectivity index (χ0) is 23.8. The van der Waals surface area contributed by atoms with Crippen molar-refractivity contribution < 1.29 is 39.2 Å². The smallest absolute Gasteiger partial charge is 0.342 e. The van der Waals surface area contributed by atoms with Gasteiger partial charge in [0.1, 0.15) is 35.9 Å². The molecular weight excluding hydrogens is 418 g/mol. The van der Waals surface area contributed by atoms with E-state index >= 15 is 0 Å². The van der Waals surface area contributed by atoms with Crippen LogP contribution < -0.4 is 10.1 Å². The van der Waals surface area contributed by atoms with Crippen molar-refractivity contribution in [1.29, 1.82) is 0 Å². The number of phenolic OH excluding ortho intramolecular Hbond substituents is 1. The normalized spacial score (nSPS) is 25.8. The maximum atomic E-state index is 12.8. The van der Waals surface area contributed by atoms with Crippen molar-refractivity contribution in [3.05, 3.63) is 29.3 Å². The van der Waals surface area contributed by atoms with Crippen molar-refractivity contribution in [1.82, 2.24) is 5.32 Å². The summed E-state index contributed by atoms with van der Waals surface area (Å²) in [5.74, 6) is -1.66. The molecule has 4 N–H and O–H groups in total. The van der Waals surface area contributed by atoms with Crippen LogP contribution in [-0.2, 0) is 14.3 Å². The van der Waals surface area contributed by atoms with Gasteiger partial charge >= 0.3 is 5.97 Å². The minimum Gasteiger partial charge on any atom is -0.507 e. The molecule has 176 valence electrons. The van der Waals surface area contributed by atoms with Crippen LogP contribution in [-0.4, -0.2) is 64.4 Å². The minimum absolute atomic E-state index is 0.0400. The van der Waals surface area contributed by atoms with Crippen molar-refractivity contribution in [3.8, 4) is 11.5 Å². The standard InChI is InChI=1S/C23H31NO8/c1-13-7-8-19(27)22(29)18(26)6-4-5-16-11-17(31-10-9-24-15(3)25)12-20(28)21(16)23(30)32-14(13)2/h4-5,11-14,18,22,26,28-29H,6-10H2,1-3H3,(H,24,25)/b5-4+/t13?,14-,18-,22-/m0/s1. The molecule has 1 aliphatic rings. The quantitative estimate of drug-likeness (QED) is 0.401. The number of phenols is 1. The lowest BCUT2D eigenvalue weighted by Gasteiger charge is -2.23. The van der Waals surface area contributed by atoms with E-state index in [1.807, 2.05) is 6.92 Å². The Kier molecular flexibility index (Phi) is 9.22. The molecule has 1 amide bonds. The molecule has 9 nitrogen and oxygen atoms in total. The second-order valence-electron chi connectivity index (χ2n) is 7.98. The lowest BCUT2D eigenvalue weighted by Crippen LogP contribution is -2.34. The number of cyclic esters (lactones) is 1. The van der Waals surface area contributed by atoms with Crippen LogP contribution in [0.15, 0.2) is 18.2 Å². The Labute approximate surface area is 187 Å². The molecule has 0 saturated heterocycles. The molecular formula is C23H31NO8.